The maximum atomic E-state index is 12.5. The Balaban J connectivity index is 1.67. The molecule has 0 N–H and O–H groups in total. The van der Waals surface area contributed by atoms with Gasteiger partial charge in [0.05, 0.1) is 21.3 Å². The van der Waals surface area contributed by atoms with Crippen molar-refractivity contribution in [2.24, 2.45) is 0 Å². The van der Waals surface area contributed by atoms with Crippen LogP contribution in [0.3, 0.4) is 0 Å². The number of nitrogens with zero attached hydrogens (tertiary/aromatic N) is 1. The van der Waals surface area contributed by atoms with Crippen molar-refractivity contribution in [3.05, 3.63) is 53.1 Å². The third-order valence-corrected chi connectivity index (χ3v) is 4.73. The van der Waals surface area contributed by atoms with Gasteiger partial charge in [0.25, 0.3) is 5.91 Å². The van der Waals surface area contributed by atoms with Gasteiger partial charge in [-0.2, -0.15) is 0 Å². The number of esters is 1. The minimum Gasteiger partial charge on any atom is -0.493 e. The van der Waals surface area contributed by atoms with Gasteiger partial charge in [-0.05, 0) is 29.7 Å². The minimum atomic E-state index is -0.663. The predicted octanol–water partition coefficient (Wildman–Crippen LogP) is 2.45. The lowest BCUT2D eigenvalue weighted by Crippen LogP contribution is -2.38. The van der Waals surface area contributed by atoms with Gasteiger partial charge in [0.2, 0.25) is 5.75 Å². The van der Waals surface area contributed by atoms with Crippen molar-refractivity contribution in [3.8, 4) is 17.2 Å². The zero-order valence-corrected chi connectivity index (χ0v) is 16.2. The standard InChI is InChI=1S/C21H23NO6/c1-25-17-9-8-16(19(26-2)20(17)27-3)21(24)28-13-18(23)22-11-10-14-6-4-5-7-15(14)12-22/h4-9H,10-13H2,1-3H3. The van der Waals surface area contributed by atoms with Crippen LogP contribution in [0, 0.1) is 0 Å². The smallest absolute Gasteiger partial charge is 0.342 e. The molecule has 0 bridgehead atoms. The first-order valence-electron chi connectivity index (χ1n) is 8.89. The summed E-state index contributed by atoms with van der Waals surface area (Å²) in [4.78, 5) is 26.7. The number of benzene rings is 2. The van der Waals surface area contributed by atoms with Gasteiger partial charge >= 0.3 is 5.97 Å². The van der Waals surface area contributed by atoms with Crippen LogP contribution in [0.4, 0.5) is 0 Å². The van der Waals surface area contributed by atoms with Crippen LogP contribution < -0.4 is 14.2 Å². The second kappa shape index (κ2) is 8.65. The molecule has 3 rings (SSSR count). The topological polar surface area (TPSA) is 74.3 Å². The molecule has 0 saturated heterocycles. The number of rotatable bonds is 6. The average molecular weight is 385 g/mol. The van der Waals surface area contributed by atoms with Crippen LogP contribution in [0.25, 0.3) is 0 Å². The van der Waals surface area contributed by atoms with Crippen molar-refractivity contribution in [2.45, 2.75) is 13.0 Å². The number of carbonyl (C=O) groups is 2. The molecule has 0 unspecified atom stereocenters. The summed E-state index contributed by atoms with van der Waals surface area (Å²) in [6, 6.07) is 11.1. The van der Waals surface area contributed by atoms with Crippen LogP contribution in [0.2, 0.25) is 0 Å². The molecule has 1 aliphatic rings. The van der Waals surface area contributed by atoms with Crippen LogP contribution in [-0.4, -0.2) is 51.3 Å². The summed E-state index contributed by atoms with van der Waals surface area (Å²) in [7, 11) is 4.36. The van der Waals surface area contributed by atoms with Crippen molar-refractivity contribution < 1.29 is 28.5 Å². The largest absolute Gasteiger partial charge is 0.493 e. The molecule has 28 heavy (non-hydrogen) atoms. The van der Waals surface area contributed by atoms with Gasteiger partial charge in [0.1, 0.15) is 5.56 Å². The Morgan fingerprint density at radius 2 is 1.64 bits per heavy atom. The fraction of sp³-hybridized carbons (Fsp3) is 0.333. The van der Waals surface area contributed by atoms with E-state index >= 15 is 0 Å². The van der Waals surface area contributed by atoms with Crippen molar-refractivity contribution >= 4 is 11.9 Å². The molecule has 0 saturated carbocycles. The fourth-order valence-electron chi connectivity index (χ4n) is 3.27. The Hall–Kier alpha value is -3.22. The monoisotopic (exact) mass is 385 g/mol. The van der Waals surface area contributed by atoms with Crippen LogP contribution in [0.1, 0.15) is 21.5 Å². The molecule has 0 spiro atoms. The maximum Gasteiger partial charge on any atom is 0.342 e. The first-order valence-corrected chi connectivity index (χ1v) is 8.89. The van der Waals surface area contributed by atoms with Gasteiger partial charge in [-0.25, -0.2) is 4.79 Å². The van der Waals surface area contributed by atoms with Crippen LogP contribution >= 0.6 is 0 Å². The molecule has 1 aliphatic heterocycles. The summed E-state index contributed by atoms with van der Waals surface area (Å²) in [6.45, 7) is 0.789. The van der Waals surface area contributed by atoms with E-state index in [2.05, 4.69) is 6.07 Å². The molecule has 1 amide bonds. The summed E-state index contributed by atoms with van der Waals surface area (Å²) in [5, 5.41) is 0. The summed E-state index contributed by atoms with van der Waals surface area (Å²) in [5.74, 6) is 0.0226. The lowest BCUT2D eigenvalue weighted by atomic mass is 10.00. The Morgan fingerprint density at radius 3 is 2.32 bits per heavy atom. The van der Waals surface area contributed by atoms with E-state index in [4.69, 9.17) is 18.9 Å². The molecule has 7 nitrogen and oxygen atoms in total. The van der Waals surface area contributed by atoms with E-state index in [0.717, 1.165) is 12.0 Å². The Kier molecular flexibility index (Phi) is 6.03. The molecular weight excluding hydrogens is 362 g/mol. The maximum absolute atomic E-state index is 12.5. The van der Waals surface area contributed by atoms with E-state index < -0.39 is 5.97 Å². The first kappa shape index (κ1) is 19.5. The molecule has 0 atom stereocenters. The Labute approximate surface area is 163 Å². The zero-order chi connectivity index (χ0) is 20.1. The van der Waals surface area contributed by atoms with E-state index in [-0.39, 0.29) is 23.8 Å². The molecule has 1 heterocycles. The minimum absolute atomic E-state index is 0.164. The van der Waals surface area contributed by atoms with Crippen molar-refractivity contribution in [1.29, 1.82) is 0 Å². The number of methoxy groups -OCH3 is 3. The number of hydrogen-bond donors (Lipinski definition) is 0. The second-order valence-corrected chi connectivity index (χ2v) is 6.29. The number of ether oxygens (including phenoxy) is 4. The van der Waals surface area contributed by atoms with E-state index in [1.165, 1.54) is 33.0 Å². The quantitative estimate of drug-likeness (QED) is 0.711. The van der Waals surface area contributed by atoms with Crippen LogP contribution in [0.5, 0.6) is 17.2 Å². The molecule has 2 aromatic rings. The molecule has 0 fully saturated rings. The van der Waals surface area contributed by atoms with E-state index in [1.54, 1.807) is 11.0 Å². The first-order chi connectivity index (χ1) is 13.6. The number of hydrogen-bond acceptors (Lipinski definition) is 6. The average Bonchev–Trinajstić information content (AvgIpc) is 2.75. The highest BCUT2D eigenvalue weighted by molar-refractivity contribution is 5.95. The predicted molar refractivity (Wildman–Crippen MR) is 102 cm³/mol. The van der Waals surface area contributed by atoms with Crippen LogP contribution in [-0.2, 0) is 22.5 Å². The van der Waals surface area contributed by atoms with Gasteiger partial charge in [-0.3, -0.25) is 4.79 Å². The van der Waals surface area contributed by atoms with E-state index in [0.29, 0.717) is 24.6 Å². The van der Waals surface area contributed by atoms with Crippen molar-refractivity contribution in [1.82, 2.24) is 4.90 Å². The lowest BCUT2D eigenvalue weighted by Gasteiger charge is -2.28. The Morgan fingerprint density at radius 1 is 0.929 bits per heavy atom. The van der Waals surface area contributed by atoms with Gasteiger partial charge < -0.3 is 23.8 Å². The molecule has 148 valence electrons. The summed E-state index contributed by atoms with van der Waals surface area (Å²) >= 11 is 0. The molecule has 0 radical (unpaired) electrons. The lowest BCUT2D eigenvalue weighted by molar-refractivity contribution is -0.135. The zero-order valence-electron chi connectivity index (χ0n) is 16.2. The van der Waals surface area contributed by atoms with Crippen molar-refractivity contribution in [3.63, 3.8) is 0 Å². The van der Waals surface area contributed by atoms with Crippen molar-refractivity contribution in [2.75, 3.05) is 34.5 Å². The van der Waals surface area contributed by atoms with Gasteiger partial charge in [-0.1, -0.05) is 24.3 Å². The van der Waals surface area contributed by atoms with Gasteiger partial charge in [0, 0.05) is 13.1 Å². The number of carbonyl (C=O) groups excluding carboxylic acids is 2. The van der Waals surface area contributed by atoms with Crippen LogP contribution in [0.15, 0.2) is 36.4 Å². The highest BCUT2D eigenvalue weighted by atomic mass is 16.5. The highest BCUT2D eigenvalue weighted by Crippen LogP contribution is 2.39. The summed E-state index contributed by atoms with van der Waals surface area (Å²) < 4.78 is 21.0. The summed E-state index contributed by atoms with van der Waals surface area (Å²) in [6.07, 6.45) is 0.791. The van der Waals surface area contributed by atoms with Gasteiger partial charge in [0.15, 0.2) is 18.1 Å². The van der Waals surface area contributed by atoms with E-state index in [1.807, 2.05) is 18.2 Å². The molecule has 2 aromatic carbocycles. The molecule has 0 aliphatic carbocycles. The molecule has 7 heteroatoms. The summed E-state index contributed by atoms with van der Waals surface area (Å²) in [5.41, 5.74) is 2.53. The van der Waals surface area contributed by atoms with Gasteiger partial charge in [-0.15, -0.1) is 0 Å². The fourth-order valence-corrected chi connectivity index (χ4v) is 3.27. The molecule has 0 aromatic heterocycles. The SMILES string of the molecule is COc1ccc(C(=O)OCC(=O)N2CCc3ccccc3C2)c(OC)c1OC. The van der Waals surface area contributed by atoms with E-state index in [9.17, 15) is 9.59 Å². The second-order valence-electron chi connectivity index (χ2n) is 6.29. The number of fused-ring (bicyclic) bond motifs is 1. The molecular formula is C21H23NO6. The number of amides is 1. The third kappa shape index (κ3) is 3.88. The highest BCUT2D eigenvalue weighted by Gasteiger charge is 2.24. The normalized spacial score (nSPS) is 12.8. The Bertz CT molecular complexity index is 879. The third-order valence-electron chi connectivity index (χ3n) is 4.73.